The molecular weight excluding hydrogens is 1230 g/mol. The van der Waals surface area contributed by atoms with Crippen molar-refractivity contribution in [3.8, 4) is 5.75 Å². The van der Waals surface area contributed by atoms with Gasteiger partial charge in [-0.2, -0.15) is 0 Å². The van der Waals surface area contributed by atoms with Gasteiger partial charge in [-0.15, -0.1) is 0 Å². The molecule has 12 amide bonds. The molecule has 9 atom stereocenters. The number of aliphatic hydroxyl groups excluding tert-OH is 1. The van der Waals surface area contributed by atoms with Gasteiger partial charge in [-0.1, -0.05) is 80.6 Å². The SMILES string of the molecule is CN=C(N)NCCC[C@H](NC(=O)[C@H](CC(C)C)NC(=O)NNC(=O)[C@H](Cc1ccccc1F)NC(=O)[C@@H](NC(=O)[C@H](CC(N)=O)NC(=O)[C@H](Cc1c[nH]c2ccccc12)NC(=O)[C@@H](Cc1ccc(O)cc1)NC(C)=O)[C@@H](C)O)C(=O)N[C@@H](Cc1c[nH]c2ccccc12)C(N)=O. The summed E-state index contributed by atoms with van der Waals surface area (Å²) in [7, 11) is 1.47. The van der Waals surface area contributed by atoms with E-state index in [-0.39, 0.29) is 68.3 Å². The number of amides is 12. The molecule has 508 valence electrons. The van der Waals surface area contributed by atoms with Crippen LogP contribution in [0.5, 0.6) is 5.75 Å². The first-order chi connectivity index (χ1) is 45.2. The number of phenolic OH excluding ortho intramolecular Hbond substituents is 1. The van der Waals surface area contributed by atoms with Gasteiger partial charge in [0, 0.05) is 80.4 Å². The fraction of sp³-hybridized carbons (Fsp3) is 0.375. The lowest BCUT2D eigenvalue weighted by molar-refractivity contribution is -0.137. The fourth-order valence-electron chi connectivity index (χ4n) is 10.3. The summed E-state index contributed by atoms with van der Waals surface area (Å²) in [6.45, 7) is 5.96. The third kappa shape index (κ3) is 22.3. The average molecular weight is 1320 g/mol. The van der Waals surface area contributed by atoms with Crippen LogP contribution in [0.3, 0.4) is 0 Å². The van der Waals surface area contributed by atoms with E-state index in [1.54, 1.807) is 50.5 Å². The maximum absolute atomic E-state index is 15.3. The number of aliphatic imine (C=N–C) groups is 1. The zero-order chi connectivity index (χ0) is 69.5. The number of aromatic nitrogens is 2. The Hall–Kier alpha value is -11.1. The van der Waals surface area contributed by atoms with Crippen molar-refractivity contribution in [2.45, 2.75) is 134 Å². The first-order valence-electron chi connectivity index (χ1n) is 30.5. The Bertz CT molecular complexity index is 3740. The highest BCUT2D eigenvalue weighted by atomic mass is 19.1. The summed E-state index contributed by atoms with van der Waals surface area (Å²) < 4.78 is 15.3. The zero-order valence-corrected chi connectivity index (χ0v) is 53.0. The van der Waals surface area contributed by atoms with Crippen LogP contribution >= 0.6 is 0 Å². The molecule has 6 rings (SSSR count). The average Bonchev–Trinajstić information content (AvgIpc) is 1.75. The molecule has 0 radical (unpaired) electrons. The Labute approximate surface area is 545 Å². The van der Waals surface area contributed by atoms with Crippen molar-refractivity contribution in [3.05, 3.63) is 138 Å². The second kappa shape index (κ2) is 35.1. The molecule has 0 saturated carbocycles. The van der Waals surface area contributed by atoms with E-state index < -0.39 is 138 Å². The van der Waals surface area contributed by atoms with Crippen LogP contribution < -0.4 is 75.9 Å². The Morgan fingerprint density at radius 2 is 1.03 bits per heavy atom. The quantitative estimate of drug-likeness (QED) is 0.0102. The molecule has 0 spiro atoms. The number of rotatable bonds is 33. The summed E-state index contributed by atoms with van der Waals surface area (Å²) in [5.74, 6) is -10.8. The number of hydrogen-bond donors (Lipinski definition) is 18. The third-order valence-electron chi connectivity index (χ3n) is 15.2. The number of carbonyl (C=O) groups is 11. The van der Waals surface area contributed by atoms with Gasteiger partial charge in [0.15, 0.2) is 5.96 Å². The first-order valence-corrected chi connectivity index (χ1v) is 30.5. The van der Waals surface area contributed by atoms with Gasteiger partial charge >= 0.3 is 6.03 Å². The number of hydrogen-bond acceptors (Lipinski definition) is 14. The van der Waals surface area contributed by atoms with Gasteiger partial charge in [-0.3, -0.25) is 58.4 Å². The molecule has 0 unspecified atom stereocenters. The molecule has 0 saturated heterocycles. The van der Waals surface area contributed by atoms with Gasteiger partial charge in [0.2, 0.25) is 53.2 Å². The molecular formula is C64H82FN17O13. The number of carbonyl (C=O) groups excluding carboxylic acids is 11. The lowest BCUT2D eigenvalue weighted by atomic mass is 10.0. The summed E-state index contributed by atoms with van der Waals surface area (Å²) in [5.41, 5.74) is 24.4. The van der Waals surface area contributed by atoms with E-state index in [1.807, 2.05) is 24.3 Å². The molecule has 0 aliphatic heterocycles. The van der Waals surface area contributed by atoms with Crippen molar-refractivity contribution in [3.63, 3.8) is 0 Å². The number of nitrogens with zero attached hydrogens (tertiary/aromatic N) is 1. The van der Waals surface area contributed by atoms with Crippen molar-refractivity contribution >= 4 is 92.9 Å². The summed E-state index contributed by atoms with van der Waals surface area (Å²) >= 11 is 0. The standard InChI is InChI=1S/C64H82FN17O13/c1-33(2)25-48(57(89)74-46(19-12-24-70-63(68)69-5)56(88)75-47(55(67)87)28-38-31-71-44-17-10-7-14-41(38)44)79-64(95)82-81-61(93)51(27-37-13-6-9-16-43(37)65)78-62(94)54(34(3)83)80-60(92)52(30-53(66)86)77-59(91)50(29-39-32-72-45-18-11-8-15-42(39)45)76-58(90)49(73-35(4)84)26-36-20-22-40(85)23-21-36/h6-11,13-18,20-23,31-34,46-52,54,71-72,83,85H,12,19,24-30H2,1-5H3,(H2,66,86)(H2,67,87)(H,73,84)(H,74,89)(H,75,88)(H,76,90)(H,77,91)(H,78,94)(H,80,92)(H,81,93)(H3,68,69,70)(H2,79,82,95)/t34-,46+,47+,48+,49-,50+,51+,52+,54+/m1/s1. The predicted octanol–water partition coefficient (Wildman–Crippen LogP) is -1.02. The van der Waals surface area contributed by atoms with Gasteiger partial charge in [-0.25, -0.2) is 14.6 Å². The molecule has 31 heteroatoms. The van der Waals surface area contributed by atoms with Gasteiger partial charge in [0.05, 0.1) is 12.5 Å². The molecule has 0 fully saturated rings. The van der Waals surface area contributed by atoms with Crippen molar-refractivity contribution in [1.82, 2.24) is 68.7 Å². The fourth-order valence-corrected chi connectivity index (χ4v) is 10.3. The number of para-hydroxylation sites is 2. The molecule has 6 aromatic rings. The van der Waals surface area contributed by atoms with Crippen LogP contribution in [0.25, 0.3) is 21.8 Å². The van der Waals surface area contributed by atoms with Crippen molar-refractivity contribution in [1.29, 1.82) is 0 Å². The largest absolute Gasteiger partial charge is 0.508 e. The van der Waals surface area contributed by atoms with Crippen LogP contribution in [0.4, 0.5) is 9.18 Å². The number of guanidine groups is 1. The summed E-state index contributed by atoms with van der Waals surface area (Å²) in [4.78, 5) is 161. The van der Waals surface area contributed by atoms with Crippen LogP contribution in [0.15, 0.2) is 114 Å². The third-order valence-corrected chi connectivity index (χ3v) is 15.2. The smallest absolute Gasteiger partial charge is 0.334 e. The number of aliphatic hydroxyl groups is 1. The second-order valence-corrected chi connectivity index (χ2v) is 23.1. The molecule has 0 aliphatic rings. The van der Waals surface area contributed by atoms with E-state index in [2.05, 4.69) is 73.7 Å². The minimum atomic E-state index is -2.00. The molecule has 0 bridgehead atoms. The number of nitrogens with two attached hydrogens (primary N) is 3. The minimum Gasteiger partial charge on any atom is -0.508 e. The molecule has 4 aromatic carbocycles. The van der Waals surface area contributed by atoms with Crippen LogP contribution in [0.1, 0.15) is 75.6 Å². The van der Waals surface area contributed by atoms with E-state index in [4.69, 9.17) is 17.2 Å². The van der Waals surface area contributed by atoms with Crippen LogP contribution in [0, 0.1) is 11.7 Å². The number of halogens is 1. The maximum atomic E-state index is 15.3. The molecule has 0 aliphatic carbocycles. The number of nitrogens with one attached hydrogen (secondary N) is 13. The maximum Gasteiger partial charge on any atom is 0.334 e. The molecule has 2 aromatic heterocycles. The number of hydrazine groups is 1. The zero-order valence-electron chi connectivity index (χ0n) is 53.0. The van der Waals surface area contributed by atoms with E-state index >= 15 is 4.39 Å². The van der Waals surface area contributed by atoms with E-state index in [0.29, 0.717) is 27.6 Å². The Morgan fingerprint density at radius 1 is 0.537 bits per heavy atom. The topological polar surface area (TPSA) is 483 Å². The predicted molar refractivity (Wildman–Crippen MR) is 348 cm³/mol. The Morgan fingerprint density at radius 3 is 1.60 bits per heavy atom. The summed E-state index contributed by atoms with van der Waals surface area (Å²) in [5, 5.41) is 45.2. The first kappa shape index (κ1) is 72.9. The van der Waals surface area contributed by atoms with E-state index in [9.17, 15) is 63.0 Å². The molecule has 21 N–H and O–H groups in total. The highest BCUT2D eigenvalue weighted by Crippen LogP contribution is 2.22. The van der Waals surface area contributed by atoms with Gasteiger partial charge < -0.3 is 85.2 Å². The summed E-state index contributed by atoms with van der Waals surface area (Å²) in [6, 6.07) is 11.7. The van der Waals surface area contributed by atoms with Crippen molar-refractivity contribution < 1.29 is 67.3 Å². The lowest BCUT2D eigenvalue weighted by Gasteiger charge is -2.28. The number of urea groups is 1. The highest BCUT2D eigenvalue weighted by Gasteiger charge is 2.37. The van der Waals surface area contributed by atoms with Crippen molar-refractivity contribution in [2.24, 2.45) is 28.1 Å². The summed E-state index contributed by atoms with van der Waals surface area (Å²) in [6.07, 6.45) is -0.140. The number of H-pyrrole nitrogens is 2. The molecule has 30 nitrogen and oxygen atoms in total. The normalized spacial score (nSPS) is 14.2. The Kier molecular flexibility index (Phi) is 26.9. The molecule has 2 heterocycles. The number of fused-ring (bicyclic) bond motifs is 2. The molecule has 95 heavy (non-hydrogen) atoms. The monoisotopic (exact) mass is 1320 g/mol. The number of aromatic hydroxyl groups is 1. The van der Waals surface area contributed by atoms with Crippen LogP contribution in [-0.2, 0) is 73.6 Å². The van der Waals surface area contributed by atoms with E-state index in [1.165, 1.54) is 56.4 Å². The van der Waals surface area contributed by atoms with Gasteiger partial charge in [0.25, 0.3) is 5.91 Å². The Balaban J connectivity index is 1.17. The minimum absolute atomic E-state index is 0.000555. The van der Waals surface area contributed by atoms with Crippen molar-refractivity contribution in [2.75, 3.05) is 13.6 Å². The number of aromatic amines is 2. The van der Waals surface area contributed by atoms with Crippen LogP contribution in [0.2, 0.25) is 0 Å². The number of phenols is 1. The number of primary amides is 2. The second-order valence-electron chi connectivity index (χ2n) is 23.1. The van der Waals surface area contributed by atoms with Gasteiger partial charge in [0.1, 0.15) is 59.9 Å². The van der Waals surface area contributed by atoms with E-state index in [0.717, 1.165) is 23.9 Å². The van der Waals surface area contributed by atoms with Gasteiger partial charge in [-0.05, 0) is 84.7 Å². The number of benzene rings is 4. The highest BCUT2D eigenvalue weighted by molar-refractivity contribution is 5.99. The lowest BCUT2D eigenvalue weighted by Crippen LogP contribution is -2.62. The van der Waals surface area contributed by atoms with Crippen LogP contribution in [-0.4, -0.2) is 159 Å².